The van der Waals surface area contributed by atoms with E-state index in [1.165, 1.54) is 18.2 Å². The molecule has 2 aromatic carbocycles. The molecule has 0 unspecified atom stereocenters. The second kappa shape index (κ2) is 5.55. The Labute approximate surface area is 119 Å². The van der Waals surface area contributed by atoms with E-state index in [0.29, 0.717) is 11.1 Å². The van der Waals surface area contributed by atoms with Crippen LogP contribution in [0.1, 0.15) is 22.3 Å². The quantitative estimate of drug-likeness (QED) is 0.617. The fourth-order valence-corrected chi connectivity index (χ4v) is 2.04. The molecule has 0 bridgehead atoms. The van der Waals surface area contributed by atoms with Gasteiger partial charge in [-0.1, -0.05) is 24.3 Å². The van der Waals surface area contributed by atoms with Crippen molar-refractivity contribution in [3.63, 3.8) is 0 Å². The normalized spacial score (nSPS) is 11.4. The molecule has 3 nitrogen and oxygen atoms in total. The van der Waals surface area contributed by atoms with Crippen LogP contribution in [-0.2, 0) is 12.6 Å². The molecule has 0 N–H and O–H groups in total. The number of hydrogen-bond donors (Lipinski definition) is 0. The van der Waals surface area contributed by atoms with Crippen LogP contribution in [0.5, 0.6) is 0 Å². The minimum atomic E-state index is -4.40. The van der Waals surface area contributed by atoms with Crippen molar-refractivity contribution in [2.75, 3.05) is 0 Å². The second-order valence-corrected chi connectivity index (χ2v) is 4.74. The van der Waals surface area contributed by atoms with Crippen LogP contribution < -0.4 is 0 Å². The van der Waals surface area contributed by atoms with Gasteiger partial charge in [0.05, 0.1) is 10.5 Å². The minimum Gasteiger partial charge on any atom is -0.258 e. The molecule has 0 aliphatic rings. The molecule has 6 heteroatoms. The topological polar surface area (TPSA) is 43.1 Å². The summed E-state index contributed by atoms with van der Waals surface area (Å²) >= 11 is 0. The lowest BCUT2D eigenvalue weighted by molar-refractivity contribution is -0.384. The Morgan fingerprint density at radius 2 is 1.86 bits per heavy atom. The van der Waals surface area contributed by atoms with Gasteiger partial charge in [0.2, 0.25) is 0 Å². The molecular formula is C15H12F3NO2. The summed E-state index contributed by atoms with van der Waals surface area (Å²) in [6, 6.07) is 9.36. The van der Waals surface area contributed by atoms with Crippen LogP contribution >= 0.6 is 0 Å². The van der Waals surface area contributed by atoms with Crippen molar-refractivity contribution in [3.8, 4) is 0 Å². The zero-order valence-corrected chi connectivity index (χ0v) is 11.1. The lowest BCUT2D eigenvalue weighted by Crippen LogP contribution is -2.05. The first kappa shape index (κ1) is 15.0. The molecule has 0 saturated carbocycles. The van der Waals surface area contributed by atoms with Gasteiger partial charge in [-0.2, -0.15) is 13.2 Å². The van der Waals surface area contributed by atoms with Gasteiger partial charge in [0.15, 0.2) is 0 Å². The summed E-state index contributed by atoms with van der Waals surface area (Å²) < 4.78 is 38.0. The first-order chi connectivity index (χ1) is 9.77. The van der Waals surface area contributed by atoms with Gasteiger partial charge in [0.1, 0.15) is 0 Å². The monoisotopic (exact) mass is 295 g/mol. The summed E-state index contributed by atoms with van der Waals surface area (Å²) in [4.78, 5) is 10.2. The summed E-state index contributed by atoms with van der Waals surface area (Å²) in [5, 5.41) is 10.8. The van der Waals surface area contributed by atoms with Crippen LogP contribution in [0.25, 0.3) is 0 Å². The van der Waals surface area contributed by atoms with Gasteiger partial charge in [-0.3, -0.25) is 10.1 Å². The van der Waals surface area contributed by atoms with E-state index in [2.05, 4.69) is 0 Å². The lowest BCUT2D eigenvalue weighted by atomic mass is 9.98. The molecule has 0 aliphatic carbocycles. The highest BCUT2D eigenvalue weighted by Gasteiger charge is 2.30. The van der Waals surface area contributed by atoms with Gasteiger partial charge in [0.25, 0.3) is 5.69 Å². The maximum Gasteiger partial charge on any atom is 0.416 e. The molecule has 21 heavy (non-hydrogen) atoms. The van der Waals surface area contributed by atoms with Crippen molar-refractivity contribution in [1.82, 2.24) is 0 Å². The number of non-ortho nitro benzene ring substituents is 1. The van der Waals surface area contributed by atoms with E-state index >= 15 is 0 Å². The molecule has 0 amide bonds. The molecule has 0 heterocycles. The smallest absolute Gasteiger partial charge is 0.258 e. The number of halogens is 3. The van der Waals surface area contributed by atoms with E-state index in [1.807, 2.05) is 0 Å². The molecule has 2 rings (SSSR count). The number of nitro groups is 1. The first-order valence-electron chi connectivity index (χ1n) is 6.17. The summed E-state index contributed by atoms with van der Waals surface area (Å²) in [5.41, 5.74) is 1.13. The average Bonchev–Trinajstić information content (AvgIpc) is 2.40. The van der Waals surface area contributed by atoms with Gasteiger partial charge in [-0.15, -0.1) is 0 Å². The zero-order chi connectivity index (χ0) is 15.6. The number of hydrogen-bond acceptors (Lipinski definition) is 2. The molecular weight excluding hydrogens is 283 g/mol. The standard InChI is InChI=1S/C15H12F3NO2/c1-10-5-6-14(19(20)21)9-12(10)7-11-3-2-4-13(8-11)15(16,17)18/h2-6,8-9H,7H2,1H3. The number of rotatable bonds is 3. The minimum absolute atomic E-state index is 0.0671. The van der Waals surface area contributed by atoms with Crippen LogP contribution in [0.15, 0.2) is 42.5 Å². The van der Waals surface area contributed by atoms with E-state index in [4.69, 9.17) is 0 Å². The van der Waals surface area contributed by atoms with E-state index in [1.54, 1.807) is 19.1 Å². The lowest BCUT2D eigenvalue weighted by Gasteiger charge is -2.10. The van der Waals surface area contributed by atoms with Crippen LogP contribution in [0.2, 0.25) is 0 Å². The third-order valence-electron chi connectivity index (χ3n) is 3.19. The number of nitrogens with zero attached hydrogens (tertiary/aromatic N) is 1. The molecule has 0 atom stereocenters. The van der Waals surface area contributed by atoms with Gasteiger partial charge < -0.3 is 0 Å². The van der Waals surface area contributed by atoms with Crippen LogP contribution in [0, 0.1) is 17.0 Å². The number of nitro benzene ring substituents is 1. The summed E-state index contributed by atoms with van der Waals surface area (Å²) in [5.74, 6) is 0. The van der Waals surface area contributed by atoms with Crippen molar-refractivity contribution in [3.05, 3.63) is 74.8 Å². The number of aryl methyl sites for hydroxylation is 1. The Morgan fingerprint density at radius 1 is 1.14 bits per heavy atom. The van der Waals surface area contributed by atoms with E-state index in [9.17, 15) is 23.3 Å². The SMILES string of the molecule is Cc1ccc([N+](=O)[O-])cc1Cc1cccc(C(F)(F)F)c1. The molecule has 110 valence electrons. The van der Waals surface area contributed by atoms with Crippen LogP contribution in [0.3, 0.4) is 0 Å². The fraction of sp³-hybridized carbons (Fsp3) is 0.200. The van der Waals surface area contributed by atoms with Crippen molar-refractivity contribution in [2.45, 2.75) is 19.5 Å². The summed E-state index contributed by atoms with van der Waals surface area (Å²) in [6.45, 7) is 1.77. The number of benzene rings is 2. The number of alkyl halides is 3. The largest absolute Gasteiger partial charge is 0.416 e. The van der Waals surface area contributed by atoms with Crippen molar-refractivity contribution in [2.24, 2.45) is 0 Å². The second-order valence-electron chi connectivity index (χ2n) is 4.74. The van der Waals surface area contributed by atoms with Crippen molar-refractivity contribution >= 4 is 5.69 Å². The first-order valence-corrected chi connectivity index (χ1v) is 6.17. The van der Waals surface area contributed by atoms with Gasteiger partial charge in [-0.05, 0) is 36.1 Å². The molecule has 0 aliphatic heterocycles. The fourth-order valence-electron chi connectivity index (χ4n) is 2.04. The van der Waals surface area contributed by atoms with E-state index < -0.39 is 16.7 Å². The van der Waals surface area contributed by atoms with E-state index in [0.717, 1.165) is 17.7 Å². The van der Waals surface area contributed by atoms with Gasteiger partial charge in [-0.25, -0.2) is 0 Å². The van der Waals surface area contributed by atoms with Crippen molar-refractivity contribution in [1.29, 1.82) is 0 Å². The summed E-state index contributed by atoms with van der Waals surface area (Å²) in [7, 11) is 0. The maximum absolute atomic E-state index is 12.7. The Balaban J connectivity index is 2.34. The average molecular weight is 295 g/mol. The predicted molar refractivity (Wildman–Crippen MR) is 72.1 cm³/mol. The predicted octanol–water partition coefficient (Wildman–Crippen LogP) is 4.51. The highest BCUT2D eigenvalue weighted by atomic mass is 19.4. The molecule has 0 aromatic heterocycles. The highest BCUT2D eigenvalue weighted by molar-refractivity contribution is 5.42. The third-order valence-corrected chi connectivity index (χ3v) is 3.19. The third kappa shape index (κ3) is 3.59. The Morgan fingerprint density at radius 3 is 2.48 bits per heavy atom. The molecule has 0 spiro atoms. The molecule has 2 aromatic rings. The Bertz CT molecular complexity index is 681. The Hall–Kier alpha value is -2.37. The zero-order valence-electron chi connectivity index (χ0n) is 11.1. The van der Waals surface area contributed by atoms with Gasteiger partial charge >= 0.3 is 6.18 Å². The summed E-state index contributed by atoms with van der Waals surface area (Å²) in [6.07, 6.45) is -4.18. The van der Waals surface area contributed by atoms with Crippen LogP contribution in [-0.4, -0.2) is 4.92 Å². The Kier molecular flexibility index (Phi) is 3.97. The highest BCUT2D eigenvalue weighted by Crippen LogP contribution is 2.30. The van der Waals surface area contributed by atoms with Crippen molar-refractivity contribution < 1.29 is 18.1 Å². The van der Waals surface area contributed by atoms with Gasteiger partial charge in [0, 0.05) is 12.1 Å². The van der Waals surface area contributed by atoms with Crippen LogP contribution in [0.4, 0.5) is 18.9 Å². The molecule has 0 saturated heterocycles. The maximum atomic E-state index is 12.7. The molecule has 0 fully saturated rings. The molecule has 0 radical (unpaired) electrons. The van der Waals surface area contributed by atoms with E-state index in [-0.39, 0.29) is 12.1 Å².